The molecule has 6 nitrogen and oxygen atoms in total. The molecule has 1 aromatic carbocycles. The molecule has 164 valence electrons. The molecule has 2 fully saturated rings. The molecule has 0 atom stereocenters. The van der Waals surface area contributed by atoms with Gasteiger partial charge in [-0.05, 0) is 43.0 Å². The number of carbonyl (C=O) groups is 2. The monoisotopic (exact) mass is 421 g/mol. The summed E-state index contributed by atoms with van der Waals surface area (Å²) >= 11 is 0. The number of nitrogens with one attached hydrogen (secondary N) is 1. The van der Waals surface area contributed by atoms with Crippen molar-refractivity contribution in [3.63, 3.8) is 0 Å². The van der Waals surface area contributed by atoms with E-state index < -0.39 is 0 Å². The number of benzene rings is 1. The summed E-state index contributed by atoms with van der Waals surface area (Å²) in [6.45, 7) is 1.60. The zero-order valence-corrected chi connectivity index (χ0v) is 18.2. The molecule has 2 heterocycles. The van der Waals surface area contributed by atoms with Crippen LogP contribution in [-0.2, 0) is 4.79 Å². The molecule has 0 bridgehead atoms. The Morgan fingerprint density at radius 1 is 1.10 bits per heavy atom. The fourth-order valence-electron chi connectivity index (χ4n) is 4.73. The molecule has 1 saturated carbocycles. The van der Waals surface area contributed by atoms with Crippen molar-refractivity contribution in [1.29, 1.82) is 0 Å². The Bertz CT molecular complexity index is 916. The Balaban J connectivity index is 1.34. The van der Waals surface area contributed by atoms with Gasteiger partial charge < -0.3 is 15.0 Å². The van der Waals surface area contributed by atoms with Crippen molar-refractivity contribution < 1.29 is 14.3 Å². The zero-order chi connectivity index (χ0) is 21.6. The number of aromatic nitrogens is 1. The quantitative estimate of drug-likeness (QED) is 0.701. The van der Waals surface area contributed by atoms with Gasteiger partial charge in [-0.15, -0.1) is 0 Å². The van der Waals surface area contributed by atoms with E-state index >= 15 is 0 Å². The fraction of sp³-hybridized carbons (Fsp3) is 0.480. The van der Waals surface area contributed by atoms with E-state index in [4.69, 9.17) is 4.74 Å². The van der Waals surface area contributed by atoms with Crippen LogP contribution in [0.15, 0.2) is 42.6 Å². The first kappa shape index (κ1) is 21.3. The number of nitrogens with zero attached hydrogens (tertiary/aromatic N) is 2. The maximum absolute atomic E-state index is 12.7. The molecule has 0 radical (unpaired) electrons. The lowest BCUT2D eigenvalue weighted by molar-refractivity contribution is -0.124. The van der Waals surface area contributed by atoms with E-state index in [1.165, 1.54) is 25.7 Å². The third kappa shape index (κ3) is 5.43. The average molecular weight is 422 g/mol. The molecule has 1 aromatic heterocycles. The largest absolute Gasteiger partial charge is 0.497 e. The van der Waals surface area contributed by atoms with Gasteiger partial charge in [-0.1, -0.05) is 31.7 Å². The third-order valence-electron chi connectivity index (χ3n) is 6.57. The highest BCUT2D eigenvalue weighted by Gasteiger charge is 2.28. The normalized spacial score (nSPS) is 17.5. The molecule has 1 aliphatic heterocycles. The lowest BCUT2D eigenvalue weighted by Crippen LogP contribution is -2.37. The van der Waals surface area contributed by atoms with Gasteiger partial charge in [0.05, 0.1) is 7.11 Å². The van der Waals surface area contributed by atoms with E-state index in [0.717, 1.165) is 38.2 Å². The minimum absolute atomic E-state index is 0.177. The topological polar surface area (TPSA) is 71.5 Å². The summed E-state index contributed by atoms with van der Waals surface area (Å²) in [5.74, 6) is 2.55. The molecular formula is C25H31N3O3. The number of ketones is 1. The molecule has 0 unspecified atom stereocenters. The molecule has 0 spiro atoms. The number of amides is 1. The zero-order valence-electron chi connectivity index (χ0n) is 18.2. The van der Waals surface area contributed by atoms with Crippen LogP contribution in [0.1, 0.15) is 55.3 Å². The Morgan fingerprint density at radius 3 is 2.61 bits per heavy atom. The predicted molar refractivity (Wildman–Crippen MR) is 122 cm³/mol. The first-order chi connectivity index (χ1) is 15.1. The van der Waals surface area contributed by atoms with Gasteiger partial charge in [-0.2, -0.15) is 0 Å². The Labute approximate surface area is 184 Å². The van der Waals surface area contributed by atoms with Gasteiger partial charge in [0.25, 0.3) is 5.91 Å². The summed E-state index contributed by atoms with van der Waals surface area (Å²) in [6.07, 6.45) is 9.18. The summed E-state index contributed by atoms with van der Waals surface area (Å²) in [4.78, 5) is 32.0. The molecule has 2 aromatic rings. The first-order valence-electron chi connectivity index (χ1n) is 11.3. The van der Waals surface area contributed by atoms with Gasteiger partial charge in [0, 0.05) is 48.9 Å². The average Bonchev–Trinajstić information content (AvgIpc) is 3.32. The highest BCUT2D eigenvalue weighted by atomic mass is 16.5. The minimum atomic E-state index is -0.182. The number of carbonyl (C=O) groups excluding carboxylic acids is 2. The molecule has 1 saturated heterocycles. The summed E-state index contributed by atoms with van der Waals surface area (Å²) in [6, 6.07) is 10.8. The number of hydrogen-bond acceptors (Lipinski definition) is 5. The Morgan fingerprint density at radius 2 is 1.87 bits per heavy atom. The lowest BCUT2D eigenvalue weighted by Gasteiger charge is -2.32. The Kier molecular flexibility index (Phi) is 6.85. The fourth-order valence-corrected chi connectivity index (χ4v) is 4.73. The second-order valence-electron chi connectivity index (χ2n) is 8.67. The van der Waals surface area contributed by atoms with Crippen molar-refractivity contribution in [2.45, 2.75) is 44.9 Å². The molecular weight excluding hydrogens is 390 g/mol. The van der Waals surface area contributed by atoms with Gasteiger partial charge in [0.15, 0.2) is 0 Å². The van der Waals surface area contributed by atoms with Crippen LogP contribution in [0.2, 0.25) is 0 Å². The number of anilines is 2. The first-order valence-corrected chi connectivity index (χ1v) is 11.3. The summed E-state index contributed by atoms with van der Waals surface area (Å²) < 4.78 is 5.21. The standard InChI is InChI=1S/C25H31N3O3/c1-31-22-8-4-7-21(17-22)27-25(30)20-9-12-26-24(16-20)28-13-10-19(11-14-28)23(29)15-18-5-2-3-6-18/h4,7-9,12,16-19H,2-3,5-6,10-11,13-15H2,1H3,(H,27,30). The van der Waals surface area contributed by atoms with E-state index in [-0.39, 0.29) is 11.8 Å². The lowest BCUT2D eigenvalue weighted by atomic mass is 9.87. The van der Waals surface area contributed by atoms with Gasteiger partial charge in [-0.25, -0.2) is 4.98 Å². The van der Waals surface area contributed by atoms with Crippen LogP contribution < -0.4 is 15.0 Å². The van der Waals surface area contributed by atoms with Crippen LogP contribution in [0.4, 0.5) is 11.5 Å². The number of pyridine rings is 1. The van der Waals surface area contributed by atoms with Gasteiger partial charge in [0.2, 0.25) is 0 Å². The highest BCUT2D eigenvalue weighted by molar-refractivity contribution is 6.04. The second-order valence-corrected chi connectivity index (χ2v) is 8.67. The second kappa shape index (κ2) is 9.94. The molecule has 1 amide bonds. The molecule has 1 aliphatic carbocycles. The number of hydrogen-bond donors (Lipinski definition) is 1. The van der Waals surface area contributed by atoms with Crippen LogP contribution >= 0.6 is 0 Å². The molecule has 6 heteroatoms. The van der Waals surface area contributed by atoms with Crippen LogP contribution in [0, 0.1) is 11.8 Å². The van der Waals surface area contributed by atoms with E-state index in [9.17, 15) is 9.59 Å². The van der Waals surface area contributed by atoms with Crippen molar-refractivity contribution in [2.75, 3.05) is 30.4 Å². The molecule has 31 heavy (non-hydrogen) atoms. The van der Waals surface area contributed by atoms with Crippen LogP contribution in [0.25, 0.3) is 0 Å². The maximum atomic E-state index is 12.7. The van der Waals surface area contributed by atoms with Crippen LogP contribution in [0.3, 0.4) is 0 Å². The maximum Gasteiger partial charge on any atom is 0.255 e. The van der Waals surface area contributed by atoms with E-state index in [1.807, 2.05) is 24.3 Å². The van der Waals surface area contributed by atoms with Crippen molar-refractivity contribution in [3.05, 3.63) is 48.2 Å². The van der Waals surface area contributed by atoms with Gasteiger partial charge in [-0.3, -0.25) is 9.59 Å². The minimum Gasteiger partial charge on any atom is -0.497 e. The van der Waals surface area contributed by atoms with E-state index in [2.05, 4.69) is 15.2 Å². The summed E-state index contributed by atoms with van der Waals surface area (Å²) in [7, 11) is 1.60. The third-order valence-corrected chi connectivity index (χ3v) is 6.57. The number of rotatable bonds is 7. The summed E-state index contributed by atoms with van der Waals surface area (Å²) in [5, 5.41) is 2.91. The molecule has 2 aliphatic rings. The number of piperidine rings is 1. The molecule has 1 N–H and O–H groups in total. The van der Waals surface area contributed by atoms with Crippen molar-refractivity contribution in [2.24, 2.45) is 11.8 Å². The predicted octanol–water partition coefficient (Wildman–Crippen LogP) is 4.71. The summed E-state index contributed by atoms with van der Waals surface area (Å²) in [5.41, 5.74) is 1.25. The van der Waals surface area contributed by atoms with Crippen LogP contribution in [-0.4, -0.2) is 36.9 Å². The van der Waals surface area contributed by atoms with Crippen molar-refractivity contribution in [3.8, 4) is 5.75 Å². The van der Waals surface area contributed by atoms with Gasteiger partial charge >= 0.3 is 0 Å². The number of methoxy groups -OCH3 is 1. The highest BCUT2D eigenvalue weighted by Crippen LogP contribution is 2.31. The Hall–Kier alpha value is -2.89. The van der Waals surface area contributed by atoms with Crippen molar-refractivity contribution >= 4 is 23.2 Å². The van der Waals surface area contributed by atoms with E-state index in [1.54, 1.807) is 25.4 Å². The van der Waals surface area contributed by atoms with E-state index in [0.29, 0.717) is 28.7 Å². The van der Waals surface area contributed by atoms with Crippen molar-refractivity contribution in [1.82, 2.24) is 4.98 Å². The molecule has 4 rings (SSSR count). The SMILES string of the molecule is COc1cccc(NC(=O)c2ccnc(N3CCC(C(=O)CC4CCCC4)CC3)c2)c1. The number of Topliss-reactive ketones (excluding diaryl/α,β-unsaturated/α-hetero) is 1. The van der Waals surface area contributed by atoms with Crippen LogP contribution in [0.5, 0.6) is 5.75 Å². The number of ether oxygens (including phenoxy) is 1. The smallest absolute Gasteiger partial charge is 0.255 e. The van der Waals surface area contributed by atoms with Gasteiger partial charge in [0.1, 0.15) is 17.4 Å².